The summed E-state index contributed by atoms with van der Waals surface area (Å²) in [5, 5.41) is 3.60. The lowest BCUT2D eigenvalue weighted by molar-refractivity contribution is 0.366. The molecule has 1 nitrogen and oxygen atoms in total. The highest BCUT2D eigenvalue weighted by Crippen LogP contribution is 2.28. The lowest BCUT2D eigenvalue weighted by Crippen LogP contribution is -2.34. The van der Waals surface area contributed by atoms with Crippen LogP contribution in [0.15, 0.2) is 22.7 Å². The minimum absolute atomic E-state index is 0.176. The smallest absolute Gasteiger partial charge is 0.124 e. The Morgan fingerprint density at radius 2 is 2.15 bits per heavy atom. The summed E-state index contributed by atoms with van der Waals surface area (Å²) in [6.45, 7) is 3.15. The summed E-state index contributed by atoms with van der Waals surface area (Å²) < 4.78 is 14.0. The van der Waals surface area contributed by atoms with E-state index in [0.717, 1.165) is 23.4 Å². The number of thioether (sulfide) groups is 1. The van der Waals surface area contributed by atoms with Crippen LogP contribution < -0.4 is 5.32 Å². The number of nitrogens with one attached hydrogen (secondary N) is 1. The van der Waals surface area contributed by atoms with Crippen LogP contribution in [0, 0.1) is 11.7 Å². The van der Waals surface area contributed by atoms with Gasteiger partial charge in [0.1, 0.15) is 5.82 Å². The minimum atomic E-state index is -0.176. The van der Waals surface area contributed by atoms with E-state index in [-0.39, 0.29) is 5.82 Å². The monoisotopic (exact) mass is 359 g/mol. The molecule has 0 radical (unpaired) electrons. The van der Waals surface area contributed by atoms with Crippen LogP contribution in [0.3, 0.4) is 0 Å². The summed E-state index contributed by atoms with van der Waals surface area (Å²) in [6.07, 6.45) is 4.89. The lowest BCUT2D eigenvalue weighted by Gasteiger charge is -2.27. The largest absolute Gasteiger partial charge is 0.314 e. The molecule has 0 bridgehead atoms. The van der Waals surface area contributed by atoms with Gasteiger partial charge in [-0.05, 0) is 67.3 Å². The zero-order valence-corrected chi connectivity index (χ0v) is 14.4. The van der Waals surface area contributed by atoms with Crippen molar-refractivity contribution in [3.63, 3.8) is 0 Å². The Balaban J connectivity index is 1.96. The van der Waals surface area contributed by atoms with Gasteiger partial charge < -0.3 is 5.32 Å². The molecule has 20 heavy (non-hydrogen) atoms. The second-order valence-electron chi connectivity index (χ2n) is 5.49. The first-order valence-corrected chi connectivity index (χ1v) is 9.39. The number of likely N-dealkylation sites (N-methyl/N-ethyl adjacent to an activating group) is 1. The molecule has 1 unspecified atom stereocenters. The Kier molecular flexibility index (Phi) is 6.85. The van der Waals surface area contributed by atoms with Crippen LogP contribution in [-0.2, 0) is 6.42 Å². The number of halogens is 2. The van der Waals surface area contributed by atoms with Crippen LogP contribution in [0.5, 0.6) is 0 Å². The van der Waals surface area contributed by atoms with Crippen molar-refractivity contribution in [2.45, 2.75) is 38.6 Å². The first-order chi connectivity index (χ1) is 9.69. The Labute approximate surface area is 134 Å². The third kappa shape index (κ3) is 5.05. The van der Waals surface area contributed by atoms with E-state index in [2.05, 4.69) is 39.9 Å². The van der Waals surface area contributed by atoms with Gasteiger partial charge in [0.05, 0.1) is 0 Å². The van der Waals surface area contributed by atoms with Gasteiger partial charge in [0.2, 0.25) is 0 Å². The van der Waals surface area contributed by atoms with E-state index in [9.17, 15) is 4.39 Å². The second-order valence-corrected chi connectivity index (χ2v) is 7.56. The van der Waals surface area contributed by atoms with Gasteiger partial charge in [-0.25, -0.2) is 4.39 Å². The van der Waals surface area contributed by atoms with E-state index in [0.29, 0.717) is 6.04 Å². The highest BCUT2D eigenvalue weighted by Gasteiger charge is 2.19. The van der Waals surface area contributed by atoms with Gasteiger partial charge in [-0.15, -0.1) is 0 Å². The Morgan fingerprint density at radius 3 is 2.80 bits per heavy atom. The second kappa shape index (κ2) is 8.40. The van der Waals surface area contributed by atoms with E-state index < -0.39 is 0 Å². The molecule has 0 aliphatic carbocycles. The Bertz CT molecular complexity index is 421. The maximum Gasteiger partial charge on any atom is 0.124 e. The summed E-state index contributed by atoms with van der Waals surface area (Å²) in [5.41, 5.74) is 1.20. The average Bonchev–Trinajstić information content (AvgIpc) is 2.43. The van der Waals surface area contributed by atoms with Gasteiger partial charge in [-0.1, -0.05) is 28.9 Å². The molecule has 1 saturated heterocycles. The first-order valence-electron chi connectivity index (χ1n) is 7.44. The van der Waals surface area contributed by atoms with Crippen molar-refractivity contribution in [1.82, 2.24) is 5.32 Å². The van der Waals surface area contributed by atoms with Crippen LogP contribution in [0.4, 0.5) is 4.39 Å². The molecular weight excluding hydrogens is 337 g/mol. The molecule has 1 aromatic rings. The summed E-state index contributed by atoms with van der Waals surface area (Å²) in [4.78, 5) is 0. The molecule has 1 aliphatic heterocycles. The van der Waals surface area contributed by atoms with Crippen LogP contribution in [0.25, 0.3) is 0 Å². The fourth-order valence-electron chi connectivity index (χ4n) is 2.86. The molecule has 0 spiro atoms. The van der Waals surface area contributed by atoms with Crippen LogP contribution in [0.1, 0.15) is 31.7 Å². The van der Waals surface area contributed by atoms with Gasteiger partial charge in [0.15, 0.2) is 0 Å². The van der Waals surface area contributed by atoms with Crippen molar-refractivity contribution < 1.29 is 4.39 Å². The fraction of sp³-hybridized carbons (Fsp3) is 0.625. The van der Waals surface area contributed by atoms with Crippen molar-refractivity contribution in [3.05, 3.63) is 34.1 Å². The molecule has 1 aliphatic rings. The van der Waals surface area contributed by atoms with Gasteiger partial charge in [0, 0.05) is 10.5 Å². The summed E-state index contributed by atoms with van der Waals surface area (Å²) >= 11 is 5.56. The molecular formula is C16H23BrFNS. The summed E-state index contributed by atoms with van der Waals surface area (Å²) in [7, 11) is 0. The highest BCUT2D eigenvalue weighted by atomic mass is 79.9. The highest BCUT2D eigenvalue weighted by molar-refractivity contribution is 9.10. The summed E-state index contributed by atoms with van der Waals surface area (Å²) in [6, 6.07) is 5.52. The fourth-order valence-corrected chi connectivity index (χ4v) is 4.58. The van der Waals surface area contributed by atoms with E-state index in [4.69, 9.17) is 0 Å². The van der Waals surface area contributed by atoms with Gasteiger partial charge in [-0.2, -0.15) is 11.8 Å². The van der Waals surface area contributed by atoms with Crippen molar-refractivity contribution in [2.75, 3.05) is 18.1 Å². The zero-order chi connectivity index (χ0) is 14.4. The lowest BCUT2D eigenvalue weighted by atomic mass is 9.91. The maximum absolute atomic E-state index is 13.2. The predicted octanol–water partition coefficient (Wildman–Crippen LogP) is 4.64. The zero-order valence-electron chi connectivity index (χ0n) is 12.0. The van der Waals surface area contributed by atoms with E-state index >= 15 is 0 Å². The molecule has 1 heterocycles. The van der Waals surface area contributed by atoms with Crippen molar-refractivity contribution in [1.29, 1.82) is 0 Å². The van der Waals surface area contributed by atoms with Gasteiger partial charge in [-0.3, -0.25) is 0 Å². The minimum Gasteiger partial charge on any atom is -0.314 e. The van der Waals surface area contributed by atoms with E-state index in [1.165, 1.54) is 36.3 Å². The molecule has 0 amide bonds. The van der Waals surface area contributed by atoms with Gasteiger partial charge >= 0.3 is 0 Å². The average molecular weight is 360 g/mol. The molecule has 1 atom stereocenters. The molecule has 2 rings (SSSR count). The third-order valence-electron chi connectivity index (χ3n) is 3.93. The predicted molar refractivity (Wildman–Crippen MR) is 89.9 cm³/mol. The van der Waals surface area contributed by atoms with Crippen molar-refractivity contribution in [3.8, 4) is 0 Å². The molecule has 1 N–H and O–H groups in total. The Morgan fingerprint density at radius 1 is 1.40 bits per heavy atom. The number of rotatable bonds is 6. The molecule has 112 valence electrons. The molecule has 0 saturated carbocycles. The number of benzene rings is 1. The van der Waals surface area contributed by atoms with Crippen LogP contribution >= 0.6 is 27.7 Å². The molecule has 4 heteroatoms. The van der Waals surface area contributed by atoms with Crippen molar-refractivity contribution in [2.24, 2.45) is 5.92 Å². The standard InChI is InChI=1S/C16H23BrFNS/c1-2-19-15(9-12-5-7-20-8-6-12)10-13-3-4-14(18)11-16(13)17/h3-4,11-12,15,19H,2,5-10H2,1H3. The first kappa shape index (κ1) is 16.3. The van der Waals surface area contributed by atoms with Crippen molar-refractivity contribution >= 4 is 27.7 Å². The SMILES string of the molecule is CCNC(Cc1ccc(F)cc1Br)CC1CCSCC1. The quantitative estimate of drug-likeness (QED) is 0.793. The topological polar surface area (TPSA) is 12.0 Å². The molecule has 1 aromatic carbocycles. The number of hydrogen-bond donors (Lipinski definition) is 1. The van der Waals surface area contributed by atoms with E-state index in [1.807, 2.05) is 6.07 Å². The molecule has 1 fully saturated rings. The third-order valence-corrected chi connectivity index (χ3v) is 5.72. The molecule has 0 aromatic heterocycles. The summed E-state index contributed by atoms with van der Waals surface area (Å²) in [5.74, 6) is 3.29. The van der Waals surface area contributed by atoms with Crippen LogP contribution in [-0.4, -0.2) is 24.1 Å². The van der Waals surface area contributed by atoms with Gasteiger partial charge in [0.25, 0.3) is 0 Å². The maximum atomic E-state index is 13.2. The van der Waals surface area contributed by atoms with Crippen LogP contribution in [0.2, 0.25) is 0 Å². The normalized spacial score (nSPS) is 18.1. The number of hydrogen-bond acceptors (Lipinski definition) is 2. The Hall–Kier alpha value is -0.0600. The van der Waals surface area contributed by atoms with E-state index in [1.54, 1.807) is 12.1 Å².